The van der Waals surface area contributed by atoms with E-state index in [1.54, 1.807) is 12.3 Å². The molecule has 0 bridgehead atoms. The molecule has 0 spiro atoms. The zero-order valence-corrected chi connectivity index (χ0v) is 21.3. The largest absolute Gasteiger partial charge is 0.443 e. The number of pyridine rings is 1. The summed E-state index contributed by atoms with van der Waals surface area (Å²) >= 11 is -0.0125. The zero-order valence-electron chi connectivity index (χ0n) is 20.5. The molecule has 10 heteroatoms. The van der Waals surface area contributed by atoms with Crippen molar-refractivity contribution in [2.24, 2.45) is 0 Å². The molecule has 0 amide bonds. The fourth-order valence-corrected chi connectivity index (χ4v) is 4.79. The molecule has 8 nitrogen and oxygen atoms in total. The second-order valence-electron chi connectivity index (χ2n) is 9.61. The van der Waals surface area contributed by atoms with Crippen molar-refractivity contribution in [1.82, 2.24) is 24.2 Å². The van der Waals surface area contributed by atoms with Crippen LogP contribution in [0.1, 0.15) is 62.7 Å². The Hall–Kier alpha value is -3.42. The molecular formula is C25H27FN6O2S. The van der Waals surface area contributed by atoms with Crippen LogP contribution >= 0.6 is 12.3 Å². The molecule has 0 aliphatic heterocycles. The number of carbonyl (C=O) groups is 1. The molecule has 0 fully saturated rings. The third-order valence-electron chi connectivity index (χ3n) is 5.89. The summed E-state index contributed by atoms with van der Waals surface area (Å²) in [5.74, 6) is 0.435. The molecule has 182 valence electrons. The molecule has 1 aromatic carbocycles. The number of nitrogens with zero attached hydrogens (tertiary/aromatic N) is 4. The van der Waals surface area contributed by atoms with Gasteiger partial charge < -0.3 is 9.72 Å². The van der Waals surface area contributed by atoms with E-state index in [4.69, 9.17) is 4.74 Å². The molecule has 0 saturated heterocycles. The molecule has 1 unspecified atom stereocenters. The van der Waals surface area contributed by atoms with Gasteiger partial charge in [0.05, 0.1) is 16.6 Å². The second-order valence-corrected chi connectivity index (χ2v) is 9.96. The topological polar surface area (TPSA) is 109 Å². The number of fused-ring (bicyclic) bond motifs is 2. The molecule has 4 rings (SSSR count). The quantitative estimate of drug-likeness (QED) is 0.336. The van der Waals surface area contributed by atoms with Crippen molar-refractivity contribution < 1.29 is 13.4 Å². The van der Waals surface area contributed by atoms with Crippen molar-refractivity contribution in [1.29, 1.82) is 5.26 Å². The van der Waals surface area contributed by atoms with E-state index in [1.165, 1.54) is 10.8 Å². The van der Waals surface area contributed by atoms with Crippen molar-refractivity contribution >= 4 is 40.5 Å². The van der Waals surface area contributed by atoms with Gasteiger partial charge >= 0.3 is 6.09 Å². The lowest BCUT2D eigenvalue weighted by Gasteiger charge is -2.31. The summed E-state index contributed by atoms with van der Waals surface area (Å²) in [5.41, 5.74) is 2.96. The number of nitrogens with one attached hydrogen (secondary N) is 2. The highest BCUT2D eigenvalue weighted by molar-refractivity contribution is 7.92. The van der Waals surface area contributed by atoms with Gasteiger partial charge in [-0.2, -0.15) is 5.26 Å². The molecule has 0 saturated carbocycles. The number of ether oxygens (including phenoxy) is 1. The number of aromatic amines is 1. The van der Waals surface area contributed by atoms with Gasteiger partial charge in [0.25, 0.3) is 0 Å². The first-order valence-electron chi connectivity index (χ1n) is 11.2. The number of carbonyl (C=O) groups excluding carboxylic acids is 1. The fourth-order valence-electron chi connectivity index (χ4n) is 4.44. The minimum absolute atomic E-state index is 0.0125. The zero-order chi connectivity index (χ0) is 25.5. The highest BCUT2D eigenvalue weighted by Crippen LogP contribution is 2.40. The van der Waals surface area contributed by atoms with Crippen molar-refractivity contribution in [3.05, 3.63) is 58.7 Å². The number of aryl methyl sites for hydroxylation is 2. The van der Waals surface area contributed by atoms with E-state index < -0.39 is 17.2 Å². The van der Waals surface area contributed by atoms with E-state index in [-0.39, 0.29) is 12.3 Å². The molecule has 3 heterocycles. The first-order valence-corrected chi connectivity index (χ1v) is 11.9. The van der Waals surface area contributed by atoms with Gasteiger partial charge in [-0.3, -0.25) is 4.57 Å². The van der Waals surface area contributed by atoms with Gasteiger partial charge in [-0.15, -0.1) is 3.89 Å². The van der Waals surface area contributed by atoms with E-state index in [1.807, 2.05) is 53.7 Å². The smallest absolute Gasteiger partial charge is 0.418 e. The molecule has 1 atom stereocenters. The number of aromatic nitrogens is 4. The lowest BCUT2D eigenvalue weighted by atomic mass is 9.83. The summed E-state index contributed by atoms with van der Waals surface area (Å²) in [4.78, 5) is 25.1. The lowest BCUT2D eigenvalue weighted by Crippen LogP contribution is -2.38. The standard InChI is InChI=1S/C25H27FN6O2S/c1-7-16-10-14(2)20-17(8-9-32(20)23(33)34-24(3,4)5)19(16)25(6,31-35-26)22-29-18-11-15(12-27)13-28-21(18)30-22/h8-11,13,31H,7H2,1-6H3,(H,28,29,30). The number of imidazole rings is 1. The minimum Gasteiger partial charge on any atom is -0.443 e. The first kappa shape index (κ1) is 24.7. The third kappa shape index (κ3) is 4.37. The summed E-state index contributed by atoms with van der Waals surface area (Å²) in [6.07, 6.45) is 3.31. The van der Waals surface area contributed by atoms with Crippen LogP contribution in [0.25, 0.3) is 22.1 Å². The Balaban J connectivity index is 1.99. The maximum atomic E-state index is 13.9. The molecule has 4 aromatic rings. The van der Waals surface area contributed by atoms with Gasteiger partial charge in [0.2, 0.25) is 0 Å². The number of halogens is 1. The number of hydrogen-bond acceptors (Lipinski definition) is 7. The molecule has 0 aliphatic rings. The monoisotopic (exact) mass is 494 g/mol. The number of hydrogen-bond donors (Lipinski definition) is 2. The summed E-state index contributed by atoms with van der Waals surface area (Å²) < 4.78 is 23.9. The van der Waals surface area contributed by atoms with Crippen LogP contribution in [-0.4, -0.2) is 31.2 Å². The summed E-state index contributed by atoms with van der Waals surface area (Å²) in [7, 11) is 0. The predicted molar refractivity (Wildman–Crippen MR) is 135 cm³/mol. The van der Waals surface area contributed by atoms with Crippen LogP contribution in [0.3, 0.4) is 0 Å². The van der Waals surface area contributed by atoms with Crippen LogP contribution in [0, 0.1) is 18.3 Å². The number of benzene rings is 1. The molecule has 35 heavy (non-hydrogen) atoms. The number of H-pyrrole nitrogens is 1. The first-order chi connectivity index (χ1) is 16.5. The van der Waals surface area contributed by atoms with Gasteiger partial charge in [-0.25, -0.2) is 19.5 Å². The predicted octanol–water partition coefficient (Wildman–Crippen LogP) is 5.82. The minimum atomic E-state index is -1.12. The van der Waals surface area contributed by atoms with Gasteiger partial charge in [0.15, 0.2) is 5.65 Å². The Labute approximate surface area is 207 Å². The average Bonchev–Trinajstić information content (AvgIpc) is 3.42. The van der Waals surface area contributed by atoms with Crippen molar-refractivity contribution in [3.63, 3.8) is 0 Å². The number of rotatable bonds is 5. The van der Waals surface area contributed by atoms with Gasteiger partial charge in [0, 0.05) is 17.8 Å². The average molecular weight is 495 g/mol. The lowest BCUT2D eigenvalue weighted by molar-refractivity contribution is 0.0544. The highest BCUT2D eigenvalue weighted by atomic mass is 32.2. The Bertz CT molecular complexity index is 1480. The summed E-state index contributed by atoms with van der Waals surface area (Å²) in [6, 6.07) is 7.58. The van der Waals surface area contributed by atoms with Gasteiger partial charge in [-0.1, -0.05) is 13.0 Å². The Morgan fingerprint density at radius 2 is 2.09 bits per heavy atom. The van der Waals surface area contributed by atoms with Crippen LogP contribution in [0.2, 0.25) is 0 Å². The van der Waals surface area contributed by atoms with Gasteiger partial charge in [0.1, 0.15) is 35.4 Å². The molecular weight excluding hydrogens is 467 g/mol. The summed E-state index contributed by atoms with van der Waals surface area (Å²) in [5, 5.41) is 10.0. The van der Waals surface area contributed by atoms with Crippen LogP contribution in [0.5, 0.6) is 0 Å². The van der Waals surface area contributed by atoms with Crippen LogP contribution in [0.15, 0.2) is 30.6 Å². The molecule has 2 N–H and O–H groups in total. The molecule has 3 aromatic heterocycles. The SMILES string of the molecule is CCc1cc(C)c2c(ccn2C(=O)OC(C)(C)C)c1C(C)(NSF)c1nc2ncc(C#N)cc2[nH]1. The Kier molecular flexibility index (Phi) is 6.34. The van der Waals surface area contributed by atoms with E-state index in [9.17, 15) is 13.9 Å². The maximum Gasteiger partial charge on any atom is 0.418 e. The normalized spacial score (nSPS) is 13.7. The molecule has 0 aliphatic carbocycles. The number of nitriles is 1. The van der Waals surface area contributed by atoms with Gasteiger partial charge in [-0.05, 0) is 69.9 Å². The fraction of sp³-hybridized carbons (Fsp3) is 0.360. The van der Waals surface area contributed by atoms with E-state index >= 15 is 0 Å². The van der Waals surface area contributed by atoms with E-state index in [0.29, 0.717) is 34.5 Å². The van der Waals surface area contributed by atoms with Crippen molar-refractivity contribution in [2.45, 2.75) is 59.1 Å². The molecule has 0 radical (unpaired) electrons. The Morgan fingerprint density at radius 3 is 2.71 bits per heavy atom. The van der Waals surface area contributed by atoms with Crippen LogP contribution in [0.4, 0.5) is 8.68 Å². The van der Waals surface area contributed by atoms with Crippen molar-refractivity contribution in [3.8, 4) is 6.07 Å². The third-order valence-corrected chi connectivity index (χ3v) is 6.38. The summed E-state index contributed by atoms with van der Waals surface area (Å²) in [6.45, 7) is 11.2. The van der Waals surface area contributed by atoms with Crippen LogP contribution in [-0.2, 0) is 16.7 Å². The Morgan fingerprint density at radius 1 is 1.34 bits per heavy atom. The van der Waals surface area contributed by atoms with Crippen molar-refractivity contribution in [2.75, 3.05) is 0 Å². The van der Waals surface area contributed by atoms with E-state index in [2.05, 4.69) is 25.7 Å². The second kappa shape index (κ2) is 8.98. The highest BCUT2D eigenvalue weighted by Gasteiger charge is 2.37. The van der Waals surface area contributed by atoms with E-state index in [0.717, 1.165) is 22.1 Å². The maximum absolute atomic E-state index is 13.9. The van der Waals surface area contributed by atoms with Crippen LogP contribution < -0.4 is 4.72 Å².